The molecule has 0 nitrogen and oxygen atoms in total. The summed E-state index contributed by atoms with van der Waals surface area (Å²) in [6.45, 7) is 2.16. The Labute approximate surface area is 62.5 Å². The number of unbranched alkanes of at least 4 members (excludes halogenated alkanes) is 3. The predicted octanol–water partition coefficient (Wildman–Crippen LogP) is 2.15. The van der Waals surface area contributed by atoms with Crippen LogP contribution >= 0.6 is 0 Å². The van der Waals surface area contributed by atoms with Crippen molar-refractivity contribution in [2.24, 2.45) is 0 Å². The Bertz CT molecular complexity index is 61.3. The van der Waals surface area contributed by atoms with Gasteiger partial charge in [0.1, 0.15) is 0 Å². The molecule has 0 aromatic heterocycles. The summed E-state index contributed by atoms with van der Waals surface area (Å²) in [4.78, 5) is 0. The first kappa shape index (κ1) is 11.0. The Morgan fingerprint density at radius 3 is 2.38 bits per heavy atom. The molecule has 0 amide bonds. The molecule has 0 spiro atoms. The maximum absolute atomic E-state index is 6.53. The van der Waals surface area contributed by atoms with Gasteiger partial charge in [0.2, 0.25) is 0 Å². The molecule has 0 aliphatic rings. The van der Waals surface area contributed by atoms with Crippen molar-refractivity contribution in [1.82, 2.24) is 0 Å². The summed E-state index contributed by atoms with van der Waals surface area (Å²) in [6, 6.07) is 0. The van der Waals surface area contributed by atoms with Gasteiger partial charge in [0.05, 0.1) is 0 Å². The molecule has 0 heterocycles. The molecule has 0 unspecified atom stereocenters. The van der Waals surface area contributed by atoms with Gasteiger partial charge in [-0.25, -0.2) is 0 Å². The molecule has 0 aromatic carbocycles. The van der Waals surface area contributed by atoms with E-state index < -0.39 is 0 Å². The molecule has 0 bridgehead atoms. The van der Waals surface area contributed by atoms with Gasteiger partial charge in [-0.3, -0.25) is 0 Å². The van der Waals surface area contributed by atoms with Crippen LogP contribution in [0.1, 0.15) is 32.6 Å². The van der Waals surface area contributed by atoms with Gasteiger partial charge < -0.3 is 12.3 Å². The maximum Gasteiger partial charge on any atom is 1.00 e. The second kappa shape index (κ2) is 10.1. The molecule has 0 radical (unpaired) electrons. The van der Waals surface area contributed by atoms with Crippen molar-refractivity contribution in [3.05, 3.63) is 6.42 Å². The Morgan fingerprint density at radius 1 is 1.38 bits per heavy atom. The molecule has 8 heavy (non-hydrogen) atoms. The fourth-order valence-corrected chi connectivity index (χ4v) is 0.463. The first-order valence-electron chi connectivity index (χ1n) is 2.81. The van der Waals surface area contributed by atoms with Crippen LogP contribution < -0.4 is 0 Å². The van der Waals surface area contributed by atoms with Crippen LogP contribution in [-0.2, 0) is 17.1 Å². The van der Waals surface area contributed by atoms with E-state index in [1.165, 1.54) is 12.8 Å². The molecule has 0 N–H and O–H groups in total. The predicted molar refractivity (Wildman–Crippen MR) is 31.3 cm³/mol. The van der Waals surface area contributed by atoms with E-state index in [9.17, 15) is 0 Å². The van der Waals surface area contributed by atoms with E-state index in [0.717, 1.165) is 12.8 Å². The molecule has 0 saturated heterocycles. The van der Waals surface area contributed by atoms with Gasteiger partial charge in [-0.15, -0.1) is 0 Å². The average molecular weight is 159 g/mol. The fourth-order valence-electron chi connectivity index (χ4n) is 0.463. The van der Waals surface area contributed by atoms with Crippen molar-refractivity contribution in [2.45, 2.75) is 32.6 Å². The largest absolute Gasteiger partial charge is 1.00 e. The minimum atomic E-state index is 0. The van der Waals surface area contributed by atoms with E-state index in [1.54, 1.807) is 0 Å². The van der Waals surface area contributed by atoms with Crippen LogP contribution in [0.2, 0.25) is 0 Å². The molecule has 0 aromatic rings. The summed E-state index contributed by atoms with van der Waals surface area (Å²) in [5.41, 5.74) is 0. The van der Waals surface area contributed by atoms with Crippen LogP contribution in [-0.4, -0.2) is 0 Å². The van der Waals surface area contributed by atoms with Crippen molar-refractivity contribution in [3.63, 3.8) is 0 Å². The van der Waals surface area contributed by atoms with Crippen molar-refractivity contribution in [1.29, 1.82) is 0 Å². The molecule has 1 heteroatoms. The van der Waals surface area contributed by atoms with Crippen molar-refractivity contribution < 1.29 is 17.1 Å². The minimum absolute atomic E-state index is 0. The molecule has 0 saturated carbocycles. The third-order valence-corrected chi connectivity index (χ3v) is 0.905. The fraction of sp³-hybridized carbons (Fsp3) is 0.714. The van der Waals surface area contributed by atoms with Crippen LogP contribution in [0.4, 0.5) is 0 Å². The Kier molecular flexibility index (Phi) is 13.9. The quantitative estimate of drug-likeness (QED) is 0.256. The van der Waals surface area contributed by atoms with Gasteiger partial charge in [-0.2, -0.15) is 0 Å². The summed E-state index contributed by atoms with van der Waals surface area (Å²) in [6.07, 6.45) is 11.0. The molecule has 0 atom stereocenters. The van der Waals surface area contributed by atoms with E-state index in [2.05, 4.69) is 12.8 Å². The maximum atomic E-state index is 6.53. The van der Waals surface area contributed by atoms with Crippen LogP contribution in [0.15, 0.2) is 0 Å². The minimum Gasteiger partial charge on any atom is -0.694 e. The van der Waals surface area contributed by atoms with Crippen molar-refractivity contribution in [3.8, 4) is 5.92 Å². The van der Waals surface area contributed by atoms with E-state index in [-0.39, 0.29) is 17.1 Å². The van der Waals surface area contributed by atoms with E-state index in [0.29, 0.717) is 0 Å². The van der Waals surface area contributed by atoms with Crippen molar-refractivity contribution >= 4 is 0 Å². The van der Waals surface area contributed by atoms with Gasteiger partial charge >= 0.3 is 17.1 Å². The smallest absolute Gasteiger partial charge is 0.694 e. The topological polar surface area (TPSA) is 0 Å². The van der Waals surface area contributed by atoms with Gasteiger partial charge in [-0.05, 0) is 12.8 Å². The Balaban J connectivity index is 0. The van der Waals surface area contributed by atoms with Crippen LogP contribution in [0, 0.1) is 12.3 Å². The van der Waals surface area contributed by atoms with Gasteiger partial charge in [-0.1, -0.05) is 19.8 Å². The summed E-state index contributed by atoms with van der Waals surface area (Å²) in [5, 5.41) is 0. The summed E-state index contributed by atoms with van der Waals surface area (Å²) < 4.78 is 0. The SMILES string of the molecule is [C-]#CCCCCC.[Cu+]. The molecule has 0 fully saturated rings. The van der Waals surface area contributed by atoms with Crippen LogP contribution in [0.5, 0.6) is 0 Å². The number of hydrogen-bond acceptors (Lipinski definition) is 0. The zero-order valence-electron chi connectivity index (χ0n) is 5.13. The van der Waals surface area contributed by atoms with E-state index in [1.807, 2.05) is 0 Å². The Hall–Kier alpha value is 0.0795. The standard InChI is InChI=1S/C7H11.Cu/c1-3-5-7-6-4-2;/h3,5-7H2,1H3;/q-1;+1. The molecule has 0 rings (SSSR count). The molecule has 0 aliphatic carbocycles. The van der Waals surface area contributed by atoms with Gasteiger partial charge in [0.15, 0.2) is 0 Å². The third-order valence-electron chi connectivity index (χ3n) is 0.905. The van der Waals surface area contributed by atoms with Crippen molar-refractivity contribution in [2.75, 3.05) is 0 Å². The zero-order valence-corrected chi connectivity index (χ0v) is 6.07. The van der Waals surface area contributed by atoms with Gasteiger partial charge in [0, 0.05) is 0 Å². The summed E-state index contributed by atoms with van der Waals surface area (Å²) in [5.74, 6) is 2.35. The first-order chi connectivity index (χ1) is 3.41. The molecule has 50 valence electrons. The first-order valence-corrected chi connectivity index (χ1v) is 2.81. The number of hydrogen-bond donors (Lipinski definition) is 0. The second-order valence-electron chi connectivity index (χ2n) is 1.63. The monoisotopic (exact) mass is 158 g/mol. The summed E-state index contributed by atoms with van der Waals surface area (Å²) in [7, 11) is 0. The Morgan fingerprint density at radius 2 is 2.00 bits per heavy atom. The molecular formula is C7H11Cu. The number of rotatable bonds is 3. The van der Waals surface area contributed by atoms with E-state index >= 15 is 0 Å². The zero-order chi connectivity index (χ0) is 5.54. The van der Waals surface area contributed by atoms with Gasteiger partial charge in [0.25, 0.3) is 0 Å². The van der Waals surface area contributed by atoms with Crippen LogP contribution in [0.25, 0.3) is 0 Å². The average Bonchev–Trinajstić information content (AvgIpc) is 1.69. The van der Waals surface area contributed by atoms with Crippen LogP contribution in [0.3, 0.4) is 0 Å². The second-order valence-corrected chi connectivity index (χ2v) is 1.63. The molecule has 0 aliphatic heterocycles. The normalized spacial score (nSPS) is 7.00. The van der Waals surface area contributed by atoms with E-state index in [4.69, 9.17) is 6.42 Å². The summed E-state index contributed by atoms with van der Waals surface area (Å²) >= 11 is 0. The third kappa shape index (κ3) is 9.43. The molecular weight excluding hydrogens is 148 g/mol.